The molecule has 1 aromatic rings. The summed E-state index contributed by atoms with van der Waals surface area (Å²) in [4.78, 5) is 53.0. The third-order valence-corrected chi connectivity index (χ3v) is 9.82. The van der Waals surface area contributed by atoms with Crippen molar-refractivity contribution in [2.45, 2.75) is 36.0 Å². The average Bonchev–Trinajstić information content (AvgIpc) is 3.33. The van der Waals surface area contributed by atoms with Crippen molar-refractivity contribution < 1.29 is 23.9 Å². The minimum Gasteiger partial charge on any atom is -0.456 e. The molecule has 4 rings (SSSR count). The van der Waals surface area contributed by atoms with Gasteiger partial charge in [0.1, 0.15) is 6.04 Å². The van der Waals surface area contributed by atoms with Crippen LogP contribution in [0.3, 0.4) is 0 Å². The van der Waals surface area contributed by atoms with Crippen LogP contribution in [0.4, 0.5) is 0 Å². The number of fused-ring (bicyclic) bond motifs is 5. The second-order valence-corrected chi connectivity index (χ2v) is 10.8. The number of nitrogens with zero attached hydrogens (tertiary/aromatic N) is 1. The Morgan fingerprint density at radius 1 is 1.03 bits per heavy atom. The molecule has 7 atom stereocenters. The van der Waals surface area contributed by atoms with Crippen LogP contribution in [0.15, 0.2) is 30.3 Å². The molecule has 6 nitrogen and oxygen atoms in total. The Morgan fingerprint density at radius 3 is 2.07 bits per heavy atom. The van der Waals surface area contributed by atoms with Gasteiger partial charge in [-0.25, -0.2) is 4.79 Å². The molecule has 0 spiro atoms. The maximum absolute atomic E-state index is 13.2. The highest BCUT2D eigenvalue weighted by Crippen LogP contribution is 2.60. The fourth-order valence-corrected chi connectivity index (χ4v) is 7.12. The standard InChI is InChI=1S/C22H23Br2NO5/c1-10(2)19(22(29)30-9-14(26)11-6-4-3-5-7-11)25-20(27)15-12-8-13(16(15)21(25)28)18(24)17(12)23/h3-7,10,12-13,15-19H,8-9H2,1-2H3/t12-,13-,15-,16+,17-,18+,19+/m0/s1. The number of carbonyl (C=O) groups excluding carboxylic acids is 4. The molecule has 2 bridgehead atoms. The molecular weight excluding hydrogens is 518 g/mol. The van der Waals surface area contributed by atoms with Crippen LogP contribution in [0.1, 0.15) is 30.6 Å². The number of benzene rings is 1. The fraction of sp³-hybridized carbons (Fsp3) is 0.545. The van der Waals surface area contributed by atoms with E-state index in [1.807, 2.05) is 0 Å². The molecule has 2 saturated carbocycles. The van der Waals surface area contributed by atoms with Gasteiger partial charge in [-0.15, -0.1) is 0 Å². The number of esters is 1. The molecular formula is C22H23Br2NO5. The quantitative estimate of drug-likeness (QED) is 0.239. The van der Waals surface area contributed by atoms with Crippen LogP contribution in [-0.4, -0.2) is 50.8 Å². The first kappa shape index (κ1) is 21.7. The first-order valence-electron chi connectivity index (χ1n) is 10.1. The van der Waals surface area contributed by atoms with Gasteiger partial charge >= 0.3 is 5.97 Å². The molecule has 30 heavy (non-hydrogen) atoms. The van der Waals surface area contributed by atoms with Gasteiger partial charge in [0.15, 0.2) is 12.4 Å². The summed E-state index contributed by atoms with van der Waals surface area (Å²) in [5.41, 5.74) is 0.442. The monoisotopic (exact) mass is 539 g/mol. The predicted molar refractivity (Wildman–Crippen MR) is 116 cm³/mol. The lowest BCUT2D eigenvalue weighted by Crippen LogP contribution is -2.50. The number of carbonyl (C=O) groups is 4. The van der Waals surface area contributed by atoms with Gasteiger partial charge in [-0.1, -0.05) is 76.0 Å². The third kappa shape index (κ3) is 3.36. The first-order chi connectivity index (χ1) is 14.2. The highest BCUT2D eigenvalue weighted by molar-refractivity contribution is 9.12. The molecule has 3 fully saturated rings. The number of halogens is 2. The van der Waals surface area contributed by atoms with Crippen molar-refractivity contribution in [3.05, 3.63) is 35.9 Å². The number of alkyl halides is 2. The number of ketones is 1. The van der Waals surface area contributed by atoms with Gasteiger partial charge in [-0.2, -0.15) is 0 Å². The van der Waals surface area contributed by atoms with Gasteiger partial charge in [0.05, 0.1) is 11.8 Å². The molecule has 1 heterocycles. The van der Waals surface area contributed by atoms with Crippen molar-refractivity contribution in [1.29, 1.82) is 0 Å². The Hall–Kier alpha value is -1.54. The van der Waals surface area contributed by atoms with Crippen LogP contribution in [0.2, 0.25) is 0 Å². The van der Waals surface area contributed by atoms with Crippen molar-refractivity contribution >= 4 is 55.4 Å². The molecule has 2 amide bonds. The summed E-state index contributed by atoms with van der Waals surface area (Å²) in [7, 11) is 0. The van der Waals surface area contributed by atoms with Crippen molar-refractivity contribution in [2.75, 3.05) is 6.61 Å². The van der Waals surface area contributed by atoms with E-state index >= 15 is 0 Å². The Kier molecular flexibility index (Phi) is 5.92. The molecule has 0 N–H and O–H groups in total. The predicted octanol–water partition coefficient (Wildman–Crippen LogP) is 3.22. The Balaban J connectivity index is 1.51. The Labute approximate surface area is 192 Å². The van der Waals surface area contributed by atoms with Gasteiger partial charge in [-0.05, 0) is 24.2 Å². The minimum absolute atomic E-state index is 0.0781. The molecule has 160 valence electrons. The number of imide groups is 1. The van der Waals surface area contributed by atoms with Gasteiger partial charge in [0.25, 0.3) is 0 Å². The number of hydrogen-bond acceptors (Lipinski definition) is 5. The summed E-state index contributed by atoms with van der Waals surface area (Å²) in [6.07, 6.45) is 0.828. The SMILES string of the molecule is CC(C)[C@H](C(=O)OCC(=O)c1ccccc1)N1C(=O)[C@@H]2[C@@H]3C[C@H]([C@H](Br)[C@@H]3Br)[C@@H]2C1=O. The number of hydrogen-bond donors (Lipinski definition) is 0. The fourth-order valence-electron chi connectivity index (χ4n) is 5.25. The summed E-state index contributed by atoms with van der Waals surface area (Å²) in [6, 6.07) is 7.52. The van der Waals surface area contributed by atoms with Crippen molar-refractivity contribution in [2.24, 2.45) is 29.6 Å². The zero-order valence-electron chi connectivity index (χ0n) is 16.7. The summed E-state index contributed by atoms with van der Waals surface area (Å²) < 4.78 is 5.27. The van der Waals surface area contributed by atoms with Gasteiger partial charge in [0, 0.05) is 15.2 Å². The lowest BCUT2D eigenvalue weighted by Gasteiger charge is -2.28. The molecule has 1 aliphatic heterocycles. The second-order valence-electron chi connectivity index (χ2n) is 8.64. The van der Waals surface area contributed by atoms with Crippen LogP contribution >= 0.6 is 31.9 Å². The molecule has 0 radical (unpaired) electrons. The lowest BCUT2D eigenvalue weighted by atomic mass is 9.81. The summed E-state index contributed by atoms with van der Waals surface area (Å²) >= 11 is 7.33. The minimum atomic E-state index is -1.03. The molecule has 0 unspecified atom stereocenters. The maximum atomic E-state index is 13.2. The topological polar surface area (TPSA) is 80.8 Å². The number of likely N-dealkylation sites (tertiary alicyclic amines) is 1. The van der Waals surface area contributed by atoms with E-state index in [-0.39, 0.29) is 56.8 Å². The zero-order chi connectivity index (χ0) is 21.7. The summed E-state index contributed by atoms with van der Waals surface area (Å²) in [6.45, 7) is 3.12. The van der Waals surface area contributed by atoms with E-state index in [2.05, 4.69) is 31.9 Å². The van der Waals surface area contributed by atoms with E-state index in [0.717, 1.165) is 11.3 Å². The van der Waals surface area contributed by atoms with E-state index in [9.17, 15) is 19.2 Å². The highest BCUT2D eigenvalue weighted by atomic mass is 79.9. The third-order valence-electron chi connectivity index (χ3n) is 6.61. The first-order valence-corrected chi connectivity index (χ1v) is 12.0. The molecule has 8 heteroatoms. The molecule has 2 aliphatic carbocycles. The van der Waals surface area contributed by atoms with Crippen molar-refractivity contribution in [3.63, 3.8) is 0 Å². The van der Waals surface area contributed by atoms with Crippen LogP contribution in [0.5, 0.6) is 0 Å². The Bertz CT molecular complexity index is 857. The van der Waals surface area contributed by atoms with Crippen LogP contribution in [0.25, 0.3) is 0 Å². The molecule has 1 saturated heterocycles. The zero-order valence-corrected chi connectivity index (χ0v) is 19.8. The van der Waals surface area contributed by atoms with E-state index in [0.29, 0.717) is 5.56 Å². The van der Waals surface area contributed by atoms with E-state index in [4.69, 9.17) is 4.74 Å². The van der Waals surface area contributed by atoms with Crippen LogP contribution < -0.4 is 0 Å². The number of rotatable bonds is 6. The van der Waals surface area contributed by atoms with E-state index < -0.39 is 18.6 Å². The van der Waals surface area contributed by atoms with Gasteiger partial charge in [0.2, 0.25) is 11.8 Å². The second kappa shape index (κ2) is 8.19. The summed E-state index contributed by atoms with van der Waals surface area (Å²) in [5, 5.41) is 0. The summed E-state index contributed by atoms with van der Waals surface area (Å²) in [5.74, 6) is -2.56. The van der Waals surface area contributed by atoms with Crippen LogP contribution in [-0.2, 0) is 19.1 Å². The highest BCUT2D eigenvalue weighted by Gasteiger charge is 2.67. The molecule has 1 aromatic carbocycles. The average molecular weight is 541 g/mol. The normalized spacial score (nSPS) is 33.2. The van der Waals surface area contributed by atoms with Gasteiger partial charge < -0.3 is 4.74 Å². The van der Waals surface area contributed by atoms with Gasteiger partial charge in [-0.3, -0.25) is 19.3 Å². The molecule has 3 aliphatic rings. The van der Waals surface area contributed by atoms with Crippen molar-refractivity contribution in [3.8, 4) is 0 Å². The lowest BCUT2D eigenvalue weighted by molar-refractivity contribution is -0.160. The van der Waals surface area contributed by atoms with E-state index in [1.165, 1.54) is 0 Å². The molecule has 0 aromatic heterocycles. The van der Waals surface area contributed by atoms with Crippen LogP contribution in [0, 0.1) is 29.6 Å². The smallest absolute Gasteiger partial charge is 0.330 e. The van der Waals surface area contributed by atoms with Crippen molar-refractivity contribution in [1.82, 2.24) is 4.90 Å². The Morgan fingerprint density at radius 2 is 1.57 bits per heavy atom. The number of Topliss-reactive ketones (excluding diaryl/α,β-unsaturated/α-hetero) is 1. The maximum Gasteiger partial charge on any atom is 0.330 e. The largest absolute Gasteiger partial charge is 0.456 e. The number of ether oxygens (including phenoxy) is 1. The number of amides is 2. The van der Waals surface area contributed by atoms with E-state index in [1.54, 1.807) is 44.2 Å².